The number of hydrogen-bond acceptors (Lipinski definition) is 4. The fraction of sp³-hybridized carbons (Fsp3) is 0.250. The van der Waals surface area contributed by atoms with Crippen molar-refractivity contribution < 1.29 is 9.90 Å². The van der Waals surface area contributed by atoms with Gasteiger partial charge >= 0.3 is 11.8 Å². The quantitative estimate of drug-likeness (QED) is 0.382. The van der Waals surface area contributed by atoms with Crippen LogP contribution in [-0.4, -0.2) is 30.3 Å². The average Bonchev–Trinajstić information content (AvgIpc) is 3.22. The van der Waals surface area contributed by atoms with Crippen LogP contribution in [0.25, 0.3) is 11.2 Å². The second kappa shape index (κ2) is 9.56. The number of hydrogen-bond donors (Lipinski definition) is 3. The van der Waals surface area contributed by atoms with Crippen molar-refractivity contribution in [1.82, 2.24) is 19.1 Å². The molecule has 4 aromatic rings. The average molecular weight is 447 g/mol. The molecule has 170 valence electrons. The molecule has 2 heterocycles. The minimum Gasteiger partial charge on any atom is -0.465 e. The Morgan fingerprint density at radius 3 is 2.42 bits per heavy atom. The zero-order valence-electron chi connectivity index (χ0n) is 18.2. The smallest absolute Gasteiger partial charge is 0.409 e. The van der Waals surface area contributed by atoms with E-state index in [-0.39, 0.29) is 12.2 Å². The number of rotatable bonds is 8. The van der Waals surface area contributed by atoms with E-state index in [9.17, 15) is 14.4 Å². The summed E-state index contributed by atoms with van der Waals surface area (Å²) in [6.07, 6.45) is 0.970. The van der Waals surface area contributed by atoms with E-state index in [0.29, 0.717) is 35.6 Å². The second-order valence-corrected chi connectivity index (χ2v) is 7.85. The number of fused-ring (bicyclic) bond motifs is 1. The molecule has 0 atom stereocenters. The number of imidazole rings is 1. The molecule has 0 aliphatic carbocycles. The summed E-state index contributed by atoms with van der Waals surface area (Å²) in [4.78, 5) is 44.9. The third-order valence-corrected chi connectivity index (χ3v) is 5.41. The molecule has 0 aliphatic heterocycles. The summed E-state index contributed by atoms with van der Waals surface area (Å²) in [5, 5.41) is 11.1. The summed E-state index contributed by atoms with van der Waals surface area (Å²) >= 11 is 0. The number of carbonyl (C=O) groups is 1. The third-order valence-electron chi connectivity index (χ3n) is 5.41. The molecule has 9 nitrogen and oxygen atoms in total. The fourth-order valence-electron chi connectivity index (χ4n) is 3.74. The number of nitrogens with one attached hydrogen (secondary N) is 2. The third kappa shape index (κ3) is 4.87. The lowest BCUT2D eigenvalue weighted by molar-refractivity contribution is 0.209. The van der Waals surface area contributed by atoms with Crippen LogP contribution in [-0.2, 0) is 19.5 Å². The highest BCUT2D eigenvalue weighted by atomic mass is 16.4. The van der Waals surface area contributed by atoms with E-state index < -0.39 is 11.7 Å². The molecule has 0 spiro atoms. The van der Waals surface area contributed by atoms with Gasteiger partial charge in [0, 0.05) is 18.7 Å². The number of anilines is 1. The van der Waals surface area contributed by atoms with Crippen LogP contribution in [0.4, 0.5) is 10.5 Å². The lowest BCUT2D eigenvalue weighted by Gasteiger charge is -2.11. The Bertz CT molecular complexity index is 1380. The van der Waals surface area contributed by atoms with Gasteiger partial charge in [0.2, 0.25) is 0 Å². The van der Waals surface area contributed by atoms with E-state index >= 15 is 0 Å². The molecule has 0 radical (unpaired) electrons. The first-order valence-corrected chi connectivity index (χ1v) is 10.8. The SMILES string of the molecule is CCCCn1c(=O)n(Cc2ccccc2)c(=O)c2[nH]c(Cc3ccc(NC(=O)O)cc3)nc21. The fourth-order valence-corrected chi connectivity index (χ4v) is 3.74. The molecule has 0 aliphatic rings. The van der Waals surface area contributed by atoms with Gasteiger partial charge in [-0.15, -0.1) is 0 Å². The summed E-state index contributed by atoms with van der Waals surface area (Å²) in [6.45, 7) is 2.70. The molecule has 1 amide bonds. The van der Waals surface area contributed by atoms with Crippen molar-refractivity contribution in [2.24, 2.45) is 0 Å². The zero-order valence-corrected chi connectivity index (χ0v) is 18.2. The predicted molar refractivity (Wildman–Crippen MR) is 126 cm³/mol. The Labute approximate surface area is 189 Å². The molecule has 4 rings (SSSR count). The van der Waals surface area contributed by atoms with Gasteiger partial charge in [-0.1, -0.05) is 55.8 Å². The number of aryl methyl sites for hydroxylation is 1. The minimum atomic E-state index is -1.13. The highest BCUT2D eigenvalue weighted by Crippen LogP contribution is 2.15. The maximum absolute atomic E-state index is 13.2. The predicted octanol–water partition coefficient (Wildman–Crippen LogP) is 3.42. The van der Waals surface area contributed by atoms with Gasteiger partial charge in [0.1, 0.15) is 11.3 Å². The van der Waals surface area contributed by atoms with Crippen molar-refractivity contribution in [2.45, 2.75) is 39.3 Å². The van der Waals surface area contributed by atoms with Crippen LogP contribution in [0, 0.1) is 0 Å². The number of aromatic nitrogens is 4. The molecule has 0 unspecified atom stereocenters. The standard InChI is InChI=1S/C24H25N5O4/c1-2-3-13-28-21-20(22(30)29(24(28)33)15-17-7-5-4-6-8-17)26-19(27-21)14-16-9-11-18(12-10-16)25-23(31)32/h4-12,25H,2-3,13-15H2,1H3,(H,26,27)(H,31,32). The van der Waals surface area contributed by atoms with Gasteiger partial charge in [-0.3, -0.25) is 19.2 Å². The van der Waals surface area contributed by atoms with Crippen LogP contribution in [0.5, 0.6) is 0 Å². The molecule has 0 saturated carbocycles. The molecular weight excluding hydrogens is 422 g/mol. The first-order chi connectivity index (χ1) is 16.0. The number of amides is 1. The van der Waals surface area contributed by atoms with Gasteiger partial charge in [0.25, 0.3) is 5.56 Å². The van der Waals surface area contributed by atoms with Crippen molar-refractivity contribution in [3.05, 3.63) is 92.4 Å². The molecule has 33 heavy (non-hydrogen) atoms. The van der Waals surface area contributed by atoms with Gasteiger partial charge in [-0.2, -0.15) is 0 Å². The first kappa shape index (κ1) is 22.1. The van der Waals surface area contributed by atoms with E-state index in [1.54, 1.807) is 28.8 Å². The Morgan fingerprint density at radius 2 is 1.76 bits per heavy atom. The van der Waals surface area contributed by atoms with E-state index in [1.165, 1.54) is 4.57 Å². The van der Waals surface area contributed by atoms with Gasteiger partial charge in [-0.25, -0.2) is 14.6 Å². The van der Waals surface area contributed by atoms with Gasteiger partial charge in [0.05, 0.1) is 6.54 Å². The molecule has 0 saturated heterocycles. The van der Waals surface area contributed by atoms with Gasteiger partial charge in [-0.05, 0) is 29.7 Å². The number of nitrogens with zero attached hydrogens (tertiary/aromatic N) is 3. The monoisotopic (exact) mass is 447 g/mol. The van der Waals surface area contributed by atoms with E-state index in [4.69, 9.17) is 5.11 Å². The van der Waals surface area contributed by atoms with Gasteiger partial charge < -0.3 is 10.1 Å². The lowest BCUT2D eigenvalue weighted by Crippen LogP contribution is -2.40. The van der Waals surface area contributed by atoms with Crippen LogP contribution < -0.4 is 16.6 Å². The maximum Gasteiger partial charge on any atom is 0.409 e. The summed E-state index contributed by atoms with van der Waals surface area (Å²) in [7, 11) is 0. The highest BCUT2D eigenvalue weighted by Gasteiger charge is 2.17. The largest absolute Gasteiger partial charge is 0.465 e. The molecule has 2 aromatic heterocycles. The van der Waals surface area contributed by atoms with Crippen LogP contribution in [0.1, 0.15) is 36.7 Å². The Morgan fingerprint density at radius 1 is 1.03 bits per heavy atom. The number of benzene rings is 2. The molecule has 2 aromatic carbocycles. The Kier molecular flexibility index (Phi) is 6.39. The molecular formula is C24H25N5O4. The summed E-state index contributed by atoms with van der Waals surface area (Å²) in [6, 6.07) is 16.3. The molecule has 0 fully saturated rings. The highest BCUT2D eigenvalue weighted by molar-refractivity contribution is 5.82. The summed E-state index contributed by atoms with van der Waals surface area (Å²) in [5.41, 5.74) is 2.12. The number of H-pyrrole nitrogens is 1. The summed E-state index contributed by atoms with van der Waals surface area (Å²) < 4.78 is 2.82. The number of unbranched alkanes of at least 4 members (excludes halogenated alkanes) is 1. The number of aromatic amines is 1. The zero-order chi connectivity index (χ0) is 23.4. The van der Waals surface area contributed by atoms with Crippen LogP contribution in [0.2, 0.25) is 0 Å². The normalized spacial score (nSPS) is 11.1. The van der Waals surface area contributed by atoms with E-state index in [0.717, 1.165) is 24.0 Å². The summed E-state index contributed by atoms with van der Waals surface area (Å²) in [5.74, 6) is 0.558. The van der Waals surface area contributed by atoms with E-state index in [1.807, 2.05) is 37.3 Å². The molecule has 3 N–H and O–H groups in total. The Hall–Kier alpha value is -4.14. The Balaban J connectivity index is 1.73. The maximum atomic E-state index is 13.2. The van der Waals surface area contributed by atoms with Crippen LogP contribution in [0.3, 0.4) is 0 Å². The van der Waals surface area contributed by atoms with E-state index in [2.05, 4.69) is 15.3 Å². The van der Waals surface area contributed by atoms with Crippen molar-refractivity contribution in [2.75, 3.05) is 5.32 Å². The van der Waals surface area contributed by atoms with Crippen LogP contribution in [0.15, 0.2) is 64.2 Å². The lowest BCUT2D eigenvalue weighted by atomic mass is 10.1. The van der Waals surface area contributed by atoms with Crippen molar-refractivity contribution in [3.8, 4) is 0 Å². The molecule has 9 heteroatoms. The minimum absolute atomic E-state index is 0.187. The van der Waals surface area contributed by atoms with Crippen molar-refractivity contribution >= 4 is 22.9 Å². The van der Waals surface area contributed by atoms with Crippen molar-refractivity contribution in [3.63, 3.8) is 0 Å². The first-order valence-electron chi connectivity index (χ1n) is 10.8. The molecule has 0 bridgehead atoms. The van der Waals surface area contributed by atoms with Gasteiger partial charge in [0.15, 0.2) is 5.65 Å². The van der Waals surface area contributed by atoms with Crippen molar-refractivity contribution in [1.29, 1.82) is 0 Å². The van der Waals surface area contributed by atoms with Crippen LogP contribution >= 0.6 is 0 Å². The second-order valence-electron chi connectivity index (χ2n) is 7.85. The number of carboxylic acid groups (broad SMARTS) is 1. The topological polar surface area (TPSA) is 122 Å².